The number of phenolic OH excluding ortho intramolecular Hbond substituents is 1. The molecular formula is C22H28O6. The van der Waals surface area contributed by atoms with Gasteiger partial charge in [0.25, 0.3) is 0 Å². The molecule has 0 saturated carbocycles. The largest absolute Gasteiger partial charge is 0.504 e. The van der Waals surface area contributed by atoms with Gasteiger partial charge < -0.3 is 28.8 Å². The average molecular weight is 388 g/mol. The van der Waals surface area contributed by atoms with Crippen LogP contribution in [0.5, 0.6) is 28.7 Å². The van der Waals surface area contributed by atoms with Crippen molar-refractivity contribution in [1.82, 2.24) is 0 Å². The van der Waals surface area contributed by atoms with Crippen molar-refractivity contribution in [3.8, 4) is 28.7 Å². The molecule has 3 rings (SSSR count). The number of benzene rings is 2. The molecule has 2 aromatic rings. The van der Waals surface area contributed by atoms with Crippen LogP contribution < -0.4 is 18.9 Å². The molecule has 2 aromatic carbocycles. The molecule has 0 bridgehead atoms. The van der Waals surface area contributed by atoms with Gasteiger partial charge in [-0.3, -0.25) is 0 Å². The number of ether oxygens (including phenoxy) is 5. The minimum atomic E-state index is -0.182. The van der Waals surface area contributed by atoms with Crippen LogP contribution in [0.2, 0.25) is 0 Å². The third kappa shape index (κ3) is 3.44. The maximum atomic E-state index is 10.3. The summed E-state index contributed by atoms with van der Waals surface area (Å²) in [6.45, 7) is 4.33. The van der Waals surface area contributed by atoms with Crippen LogP contribution in [-0.4, -0.2) is 33.5 Å². The number of rotatable bonds is 6. The number of phenols is 1. The number of hydrogen-bond acceptors (Lipinski definition) is 6. The Morgan fingerprint density at radius 1 is 0.714 bits per heavy atom. The zero-order valence-corrected chi connectivity index (χ0v) is 17.2. The predicted octanol–water partition coefficient (Wildman–Crippen LogP) is 4.51. The van der Waals surface area contributed by atoms with Gasteiger partial charge >= 0.3 is 0 Å². The van der Waals surface area contributed by atoms with Gasteiger partial charge in [-0.15, -0.1) is 0 Å². The number of hydrogen-bond donors (Lipinski definition) is 1. The van der Waals surface area contributed by atoms with Crippen LogP contribution in [0.15, 0.2) is 30.3 Å². The van der Waals surface area contributed by atoms with Gasteiger partial charge in [0.15, 0.2) is 23.0 Å². The van der Waals surface area contributed by atoms with Gasteiger partial charge in [0.1, 0.15) is 0 Å². The summed E-state index contributed by atoms with van der Waals surface area (Å²) < 4.78 is 27.8. The molecular weight excluding hydrogens is 360 g/mol. The fraction of sp³-hybridized carbons (Fsp3) is 0.455. The Morgan fingerprint density at radius 2 is 1.29 bits per heavy atom. The van der Waals surface area contributed by atoms with Gasteiger partial charge in [-0.25, -0.2) is 0 Å². The summed E-state index contributed by atoms with van der Waals surface area (Å²) in [6.07, 6.45) is -0.283. The van der Waals surface area contributed by atoms with Crippen LogP contribution in [0.25, 0.3) is 0 Å². The van der Waals surface area contributed by atoms with Crippen LogP contribution >= 0.6 is 0 Å². The lowest BCUT2D eigenvalue weighted by atomic mass is 9.85. The lowest BCUT2D eigenvalue weighted by Gasteiger charge is -2.19. The molecule has 0 aromatic heterocycles. The molecule has 0 spiro atoms. The van der Waals surface area contributed by atoms with E-state index in [1.54, 1.807) is 27.4 Å². The first-order chi connectivity index (χ1) is 13.4. The zero-order valence-electron chi connectivity index (χ0n) is 17.2. The highest BCUT2D eigenvalue weighted by Crippen LogP contribution is 2.51. The molecule has 0 radical (unpaired) electrons. The summed E-state index contributed by atoms with van der Waals surface area (Å²) in [5.41, 5.74) is 1.89. The average Bonchev–Trinajstić information content (AvgIpc) is 3.01. The van der Waals surface area contributed by atoms with Crippen molar-refractivity contribution in [3.63, 3.8) is 0 Å². The first kappa shape index (κ1) is 20.1. The van der Waals surface area contributed by atoms with Crippen LogP contribution in [-0.2, 0) is 4.74 Å². The zero-order chi connectivity index (χ0) is 20.4. The highest BCUT2D eigenvalue weighted by atomic mass is 16.5. The summed E-state index contributed by atoms with van der Waals surface area (Å²) in [4.78, 5) is 0. The third-order valence-electron chi connectivity index (χ3n) is 5.62. The van der Waals surface area contributed by atoms with E-state index in [0.29, 0.717) is 23.0 Å². The van der Waals surface area contributed by atoms with E-state index in [9.17, 15) is 5.11 Å². The molecule has 0 aliphatic carbocycles. The van der Waals surface area contributed by atoms with Gasteiger partial charge in [0, 0.05) is 0 Å². The van der Waals surface area contributed by atoms with Gasteiger partial charge in [-0.2, -0.15) is 0 Å². The van der Waals surface area contributed by atoms with Crippen molar-refractivity contribution in [2.24, 2.45) is 11.8 Å². The van der Waals surface area contributed by atoms with Crippen molar-refractivity contribution in [2.75, 3.05) is 28.4 Å². The molecule has 1 aliphatic rings. The molecule has 4 unspecified atom stereocenters. The van der Waals surface area contributed by atoms with Crippen molar-refractivity contribution < 1.29 is 28.8 Å². The molecule has 1 fully saturated rings. The molecule has 1 N–H and O–H groups in total. The highest BCUT2D eigenvalue weighted by molar-refractivity contribution is 5.53. The van der Waals surface area contributed by atoms with Crippen LogP contribution in [0, 0.1) is 11.8 Å². The molecule has 0 amide bonds. The minimum absolute atomic E-state index is 0.0369. The fourth-order valence-corrected chi connectivity index (χ4v) is 3.88. The Bertz CT molecular complexity index is 834. The molecule has 1 heterocycles. The van der Waals surface area contributed by atoms with E-state index < -0.39 is 0 Å². The van der Waals surface area contributed by atoms with E-state index in [1.165, 1.54) is 7.11 Å². The van der Waals surface area contributed by atoms with E-state index in [-0.39, 0.29) is 29.8 Å². The first-order valence-corrected chi connectivity index (χ1v) is 9.27. The van der Waals surface area contributed by atoms with E-state index in [4.69, 9.17) is 23.7 Å². The summed E-state index contributed by atoms with van der Waals surface area (Å²) in [5, 5.41) is 10.3. The number of methoxy groups -OCH3 is 4. The van der Waals surface area contributed by atoms with Gasteiger partial charge in [-0.1, -0.05) is 19.9 Å². The van der Waals surface area contributed by atoms with E-state index >= 15 is 0 Å². The summed E-state index contributed by atoms with van der Waals surface area (Å²) in [7, 11) is 6.29. The quantitative estimate of drug-likeness (QED) is 0.785. The first-order valence-electron chi connectivity index (χ1n) is 9.27. The topological polar surface area (TPSA) is 66.4 Å². The molecule has 1 saturated heterocycles. The maximum absolute atomic E-state index is 10.3. The Balaban J connectivity index is 1.94. The van der Waals surface area contributed by atoms with Gasteiger partial charge in [0.2, 0.25) is 5.75 Å². The molecule has 28 heavy (non-hydrogen) atoms. The van der Waals surface area contributed by atoms with E-state index in [0.717, 1.165) is 11.1 Å². The lowest BCUT2D eigenvalue weighted by Crippen LogP contribution is -2.10. The normalized spacial score (nSPS) is 24.1. The van der Waals surface area contributed by atoms with Crippen LogP contribution in [0.3, 0.4) is 0 Å². The SMILES string of the molecule is COc1ccc(C2OC(c3cc(O)c(OC)c(OC)c3)C(C)C2C)cc1OC. The highest BCUT2D eigenvalue weighted by Gasteiger charge is 2.41. The molecule has 152 valence electrons. The lowest BCUT2D eigenvalue weighted by molar-refractivity contribution is 0.0286. The summed E-state index contributed by atoms with van der Waals surface area (Å²) >= 11 is 0. The Labute approximate surface area is 165 Å². The molecule has 1 aliphatic heterocycles. The van der Waals surface area contributed by atoms with Gasteiger partial charge in [0.05, 0.1) is 40.6 Å². The van der Waals surface area contributed by atoms with Crippen molar-refractivity contribution in [3.05, 3.63) is 41.5 Å². The van der Waals surface area contributed by atoms with Gasteiger partial charge in [-0.05, 0) is 47.2 Å². The molecule has 4 atom stereocenters. The summed E-state index contributed by atoms with van der Waals surface area (Å²) in [6, 6.07) is 9.41. The second-order valence-corrected chi connectivity index (χ2v) is 7.09. The van der Waals surface area contributed by atoms with E-state index in [2.05, 4.69) is 13.8 Å². The smallest absolute Gasteiger partial charge is 0.203 e. The monoisotopic (exact) mass is 388 g/mol. The second kappa shape index (κ2) is 8.19. The maximum Gasteiger partial charge on any atom is 0.203 e. The van der Waals surface area contributed by atoms with Crippen molar-refractivity contribution in [2.45, 2.75) is 26.1 Å². The fourth-order valence-electron chi connectivity index (χ4n) is 3.88. The van der Waals surface area contributed by atoms with Crippen LogP contribution in [0.4, 0.5) is 0 Å². The van der Waals surface area contributed by atoms with Crippen molar-refractivity contribution >= 4 is 0 Å². The molecule has 6 heteroatoms. The summed E-state index contributed by atoms with van der Waals surface area (Å²) in [5.74, 6) is 2.70. The predicted molar refractivity (Wildman–Crippen MR) is 106 cm³/mol. The Morgan fingerprint density at radius 3 is 1.86 bits per heavy atom. The number of aromatic hydroxyl groups is 1. The second-order valence-electron chi connectivity index (χ2n) is 7.09. The minimum Gasteiger partial charge on any atom is -0.504 e. The molecule has 6 nitrogen and oxygen atoms in total. The van der Waals surface area contributed by atoms with Crippen molar-refractivity contribution in [1.29, 1.82) is 0 Å². The Kier molecular flexibility index (Phi) is 5.89. The van der Waals surface area contributed by atoms with E-state index in [1.807, 2.05) is 24.3 Å². The van der Waals surface area contributed by atoms with Crippen LogP contribution in [0.1, 0.15) is 37.2 Å². The Hall–Kier alpha value is -2.60. The third-order valence-corrected chi connectivity index (χ3v) is 5.62. The standard InChI is InChI=1S/C22H28O6/c1-12-13(2)21(15-9-16(23)22(27-6)19(11-15)26-5)28-20(12)14-7-8-17(24-3)18(10-14)25-4/h7-13,20-21,23H,1-6H3.